The fourth-order valence-electron chi connectivity index (χ4n) is 1.30. The summed E-state index contributed by atoms with van der Waals surface area (Å²) in [6, 6.07) is 6.09. The third kappa shape index (κ3) is 3.05. The Hall–Kier alpha value is -1.91. The Morgan fingerprint density at radius 3 is 2.44 bits per heavy atom. The van der Waals surface area contributed by atoms with Crippen LogP contribution in [0.3, 0.4) is 0 Å². The second kappa shape index (κ2) is 5.85. The van der Waals surface area contributed by atoms with Crippen molar-refractivity contribution in [3.63, 3.8) is 0 Å². The number of nitroso groups, excluding NO2 is 1. The van der Waals surface area contributed by atoms with Crippen LogP contribution in [-0.2, 0) is 0 Å². The highest BCUT2D eigenvalue weighted by Gasteiger charge is 2.07. The zero-order chi connectivity index (χ0) is 12.0. The second-order valence-corrected chi connectivity index (χ2v) is 3.41. The third-order valence-electron chi connectivity index (χ3n) is 2.23. The first-order valence-corrected chi connectivity index (χ1v) is 5.13. The van der Waals surface area contributed by atoms with Crippen molar-refractivity contribution < 1.29 is 9.90 Å². The summed E-state index contributed by atoms with van der Waals surface area (Å²) in [7, 11) is 0. The number of benzene rings is 1. The molecule has 0 saturated carbocycles. The monoisotopic (exact) mass is 222 g/mol. The Morgan fingerprint density at radius 1 is 1.38 bits per heavy atom. The Labute approximate surface area is 93.6 Å². The maximum Gasteiger partial charge on any atom is 0.335 e. The Morgan fingerprint density at radius 2 is 2.00 bits per heavy atom. The van der Waals surface area contributed by atoms with E-state index in [-0.39, 0.29) is 5.56 Å². The summed E-state index contributed by atoms with van der Waals surface area (Å²) in [6.45, 7) is 2.57. The highest BCUT2D eigenvalue weighted by atomic mass is 16.4. The van der Waals surface area contributed by atoms with E-state index in [1.807, 2.05) is 6.92 Å². The number of anilines is 1. The topological polar surface area (TPSA) is 70.0 Å². The van der Waals surface area contributed by atoms with Gasteiger partial charge in [-0.2, -0.15) is 0 Å². The third-order valence-corrected chi connectivity index (χ3v) is 2.23. The van der Waals surface area contributed by atoms with Gasteiger partial charge in [0.25, 0.3) is 0 Å². The van der Waals surface area contributed by atoms with Gasteiger partial charge in [-0.05, 0) is 30.7 Å². The molecule has 0 saturated heterocycles. The number of aromatic carboxylic acids is 1. The Bertz CT molecular complexity index is 362. The average molecular weight is 222 g/mol. The van der Waals surface area contributed by atoms with Crippen LogP contribution in [0.4, 0.5) is 5.69 Å². The molecule has 0 fully saturated rings. The first-order valence-electron chi connectivity index (χ1n) is 5.13. The van der Waals surface area contributed by atoms with Gasteiger partial charge in [-0.3, -0.25) is 0 Å². The van der Waals surface area contributed by atoms with Gasteiger partial charge >= 0.3 is 5.97 Å². The molecule has 86 valence electrons. The largest absolute Gasteiger partial charge is 0.478 e. The molecule has 0 spiro atoms. The summed E-state index contributed by atoms with van der Waals surface area (Å²) in [5.74, 6) is -0.981. The summed E-state index contributed by atoms with van der Waals surface area (Å²) in [4.78, 5) is 21.2. The van der Waals surface area contributed by atoms with Crippen molar-refractivity contribution in [2.75, 3.05) is 11.6 Å². The summed E-state index contributed by atoms with van der Waals surface area (Å²) < 4.78 is 0. The fourth-order valence-corrected chi connectivity index (χ4v) is 1.30. The molecule has 0 unspecified atom stereocenters. The molecular weight excluding hydrogens is 208 g/mol. The smallest absolute Gasteiger partial charge is 0.335 e. The van der Waals surface area contributed by atoms with Gasteiger partial charge in [-0.15, -0.1) is 4.91 Å². The highest BCUT2D eigenvalue weighted by Crippen LogP contribution is 2.16. The number of carboxylic acids is 1. The van der Waals surface area contributed by atoms with E-state index in [0.717, 1.165) is 12.8 Å². The molecule has 0 aromatic heterocycles. The standard InChI is InChI=1S/C11H14N2O3/c1-2-3-8-13(12-16)10-6-4-9(5-7-10)11(14)15/h4-7H,2-3,8H2,1H3,(H,14,15). The Kier molecular flexibility index (Phi) is 4.44. The molecule has 5 nitrogen and oxygen atoms in total. The number of carbonyl (C=O) groups is 1. The molecular formula is C11H14N2O3. The van der Waals surface area contributed by atoms with Crippen molar-refractivity contribution in [2.24, 2.45) is 5.29 Å². The van der Waals surface area contributed by atoms with Gasteiger partial charge < -0.3 is 5.11 Å². The van der Waals surface area contributed by atoms with Crippen LogP contribution in [0.1, 0.15) is 30.1 Å². The Balaban J connectivity index is 2.78. The predicted octanol–water partition coefficient (Wildman–Crippen LogP) is 2.67. The number of hydrogen-bond donors (Lipinski definition) is 1. The van der Waals surface area contributed by atoms with Gasteiger partial charge in [0.15, 0.2) is 0 Å². The quantitative estimate of drug-likeness (QED) is 0.593. The van der Waals surface area contributed by atoms with E-state index in [4.69, 9.17) is 5.11 Å². The van der Waals surface area contributed by atoms with Crippen LogP contribution in [-0.4, -0.2) is 17.6 Å². The maximum absolute atomic E-state index is 10.6. The molecule has 0 aliphatic rings. The minimum atomic E-state index is -0.981. The minimum Gasteiger partial charge on any atom is -0.478 e. The lowest BCUT2D eigenvalue weighted by Gasteiger charge is -2.14. The first-order chi connectivity index (χ1) is 7.69. The predicted molar refractivity (Wildman–Crippen MR) is 61.5 cm³/mol. The normalized spacial score (nSPS) is 9.81. The van der Waals surface area contributed by atoms with Crippen LogP contribution in [0.2, 0.25) is 0 Å². The molecule has 0 radical (unpaired) electrons. The molecule has 0 atom stereocenters. The molecule has 5 heteroatoms. The lowest BCUT2D eigenvalue weighted by molar-refractivity contribution is 0.0697. The lowest BCUT2D eigenvalue weighted by atomic mass is 10.2. The number of hydrogen-bond acceptors (Lipinski definition) is 3. The number of unbranched alkanes of at least 4 members (excludes halogenated alkanes) is 1. The molecule has 0 heterocycles. The van der Waals surface area contributed by atoms with E-state index in [1.54, 1.807) is 12.1 Å². The van der Waals surface area contributed by atoms with E-state index in [2.05, 4.69) is 5.29 Å². The van der Waals surface area contributed by atoms with Crippen molar-refractivity contribution in [3.8, 4) is 0 Å². The maximum atomic E-state index is 10.6. The number of nitrogens with zero attached hydrogens (tertiary/aromatic N) is 2. The molecule has 0 amide bonds. The van der Waals surface area contributed by atoms with E-state index in [9.17, 15) is 9.70 Å². The summed E-state index contributed by atoms with van der Waals surface area (Å²) in [5, 5.41) is 12.9. The van der Waals surface area contributed by atoms with Crippen molar-refractivity contribution in [3.05, 3.63) is 34.7 Å². The molecule has 1 rings (SSSR count). The second-order valence-electron chi connectivity index (χ2n) is 3.41. The van der Waals surface area contributed by atoms with Crippen molar-refractivity contribution in [1.29, 1.82) is 0 Å². The average Bonchev–Trinajstić information content (AvgIpc) is 2.30. The molecule has 1 aromatic carbocycles. The molecule has 1 N–H and O–H groups in total. The zero-order valence-corrected chi connectivity index (χ0v) is 9.09. The van der Waals surface area contributed by atoms with Gasteiger partial charge in [0.1, 0.15) is 0 Å². The van der Waals surface area contributed by atoms with Crippen LogP contribution in [0.25, 0.3) is 0 Å². The first kappa shape index (κ1) is 12.2. The van der Waals surface area contributed by atoms with Crippen molar-refractivity contribution >= 4 is 11.7 Å². The van der Waals surface area contributed by atoms with Crippen LogP contribution in [0.5, 0.6) is 0 Å². The van der Waals surface area contributed by atoms with Gasteiger partial charge in [0.05, 0.1) is 16.5 Å². The molecule has 0 aliphatic carbocycles. The molecule has 16 heavy (non-hydrogen) atoms. The van der Waals surface area contributed by atoms with E-state index in [0.29, 0.717) is 12.2 Å². The highest BCUT2D eigenvalue weighted by molar-refractivity contribution is 5.88. The van der Waals surface area contributed by atoms with E-state index >= 15 is 0 Å². The molecule has 0 aliphatic heterocycles. The SMILES string of the molecule is CCCCN(N=O)c1ccc(C(=O)O)cc1. The molecule has 1 aromatic rings. The summed E-state index contributed by atoms with van der Waals surface area (Å²) in [6.07, 6.45) is 1.84. The van der Waals surface area contributed by atoms with E-state index < -0.39 is 5.97 Å². The molecule has 0 bridgehead atoms. The van der Waals surface area contributed by atoms with Crippen LogP contribution >= 0.6 is 0 Å². The van der Waals surface area contributed by atoms with E-state index in [1.165, 1.54) is 17.1 Å². The van der Waals surface area contributed by atoms with Gasteiger partial charge in [0.2, 0.25) is 0 Å². The van der Waals surface area contributed by atoms with Crippen LogP contribution < -0.4 is 5.01 Å². The van der Waals surface area contributed by atoms with Crippen molar-refractivity contribution in [2.45, 2.75) is 19.8 Å². The fraction of sp³-hybridized carbons (Fsp3) is 0.364. The lowest BCUT2D eigenvalue weighted by Crippen LogP contribution is -2.16. The van der Waals surface area contributed by atoms with Crippen LogP contribution in [0.15, 0.2) is 29.6 Å². The van der Waals surface area contributed by atoms with Crippen LogP contribution in [0, 0.1) is 4.91 Å². The minimum absolute atomic E-state index is 0.199. The zero-order valence-electron chi connectivity index (χ0n) is 9.09. The van der Waals surface area contributed by atoms with Gasteiger partial charge in [-0.1, -0.05) is 13.3 Å². The summed E-state index contributed by atoms with van der Waals surface area (Å²) in [5.41, 5.74) is 0.818. The van der Waals surface area contributed by atoms with Gasteiger partial charge in [0, 0.05) is 6.54 Å². The number of carboxylic acid groups (broad SMARTS) is 1. The number of rotatable bonds is 6. The summed E-state index contributed by atoms with van der Waals surface area (Å²) >= 11 is 0. The van der Waals surface area contributed by atoms with Crippen molar-refractivity contribution in [1.82, 2.24) is 0 Å². The van der Waals surface area contributed by atoms with Gasteiger partial charge in [-0.25, -0.2) is 9.80 Å².